The summed E-state index contributed by atoms with van der Waals surface area (Å²) in [6.07, 6.45) is 1.60. The molecule has 27 heavy (non-hydrogen) atoms. The van der Waals surface area contributed by atoms with Gasteiger partial charge in [0.2, 0.25) is 5.91 Å². The van der Waals surface area contributed by atoms with Gasteiger partial charge in [-0.3, -0.25) is 9.59 Å². The smallest absolute Gasteiger partial charge is 0.251 e. The lowest BCUT2D eigenvalue weighted by molar-refractivity contribution is -0.116. The number of anilines is 2. The van der Waals surface area contributed by atoms with E-state index >= 15 is 0 Å². The zero-order chi connectivity index (χ0) is 19.2. The third-order valence-corrected chi connectivity index (χ3v) is 5.14. The maximum absolute atomic E-state index is 13.2. The van der Waals surface area contributed by atoms with Gasteiger partial charge in [-0.05, 0) is 35.9 Å². The highest BCUT2D eigenvalue weighted by molar-refractivity contribution is 7.98. The summed E-state index contributed by atoms with van der Waals surface area (Å²) in [5.74, 6) is 0.531. The summed E-state index contributed by atoms with van der Waals surface area (Å²) >= 11 is 1.55. The van der Waals surface area contributed by atoms with E-state index in [-0.39, 0.29) is 17.6 Å². The minimum absolute atomic E-state index is 0.155. The summed E-state index contributed by atoms with van der Waals surface area (Å²) in [6, 6.07) is 11.2. The van der Waals surface area contributed by atoms with Crippen molar-refractivity contribution in [3.8, 4) is 0 Å². The topological polar surface area (TPSA) is 70.2 Å². The van der Waals surface area contributed by atoms with Crippen molar-refractivity contribution >= 4 is 35.0 Å². The summed E-state index contributed by atoms with van der Waals surface area (Å²) in [7, 11) is 0. The number of fused-ring (bicyclic) bond motifs is 1. The second kappa shape index (κ2) is 8.73. The molecular formula is C20H20FN3O2S. The number of carbonyl (C=O) groups excluding carboxylic acids is 2. The summed E-state index contributed by atoms with van der Waals surface area (Å²) in [5.41, 5.74) is 2.70. The van der Waals surface area contributed by atoms with Gasteiger partial charge in [-0.25, -0.2) is 4.39 Å². The summed E-state index contributed by atoms with van der Waals surface area (Å²) < 4.78 is 13.2. The van der Waals surface area contributed by atoms with E-state index in [2.05, 4.69) is 22.5 Å². The Bertz CT molecular complexity index is 872. The lowest BCUT2D eigenvalue weighted by Crippen LogP contribution is -2.40. The van der Waals surface area contributed by atoms with Crippen LogP contribution in [0.2, 0.25) is 0 Å². The van der Waals surface area contributed by atoms with Crippen LogP contribution in [0.25, 0.3) is 0 Å². The minimum atomic E-state index is -0.392. The van der Waals surface area contributed by atoms with Gasteiger partial charge in [0.15, 0.2) is 0 Å². The van der Waals surface area contributed by atoms with Gasteiger partial charge >= 0.3 is 0 Å². The molecule has 7 heteroatoms. The quantitative estimate of drug-likeness (QED) is 0.639. The SMILES string of the molecule is C=CCNC(=O)c1ccc2c(c1)NC(=O)C(CSCc1cccc(F)c1)N2. The molecule has 2 aromatic rings. The molecule has 3 N–H and O–H groups in total. The molecule has 0 aromatic heterocycles. The molecule has 3 rings (SSSR count). The number of carbonyl (C=O) groups is 2. The monoisotopic (exact) mass is 385 g/mol. The van der Waals surface area contributed by atoms with E-state index in [0.717, 1.165) is 11.3 Å². The largest absolute Gasteiger partial charge is 0.371 e. The molecule has 0 bridgehead atoms. The molecule has 1 heterocycles. The van der Waals surface area contributed by atoms with Crippen LogP contribution in [0.3, 0.4) is 0 Å². The molecule has 1 atom stereocenters. The van der Waals surface area contributed by atoms with Crippen LogP contribution >= 0.6 is 11.8 Å². The molecule has 0 saturated heterocycles. The lowest BCUT2D eigenvalue weighted by Gasteiger charge is -2.27. The lowest BCUT2D eigenvalue weighted by atomic mass is 10.1. The van der Waals surface area contributed by atoms with Crippen LogP contribution in [0.1, 0.15) is 15.9 Å². The van der Waals surface area contributed by atoms with Gasteiger partial charge in [-0.1, -0.05) is 18.2 Å². The number of hydrogen-bond acceptors (Lipinski definition) is 4. The number of benzene rings is 2. The molecule has 0 aliphatic carbocycles. The van der Waals surface area contributed by atoms with Gasteiger partial charge in [0.25, 0.3) is 5.91 Å². The average molecular weight is 385 g/mol. The van der Waals surface area contributed by atoms with Crippen molar-refractivity contribution in [1.82, 2.24) is 5.32 Å². The fourth-order valence-corrected chi connectivity index (χ4v) is 3.70. The number of hydrogen-bond donors (Lipinski definition) is 3. The Morgan fingerprint density at radius 2 is 2.11 bits per heavy atom. The van der Waals surface area contributed by atoms with Crippen LogP contribution < -0.4 is 16.0 Å². The Kier molecular flexibility index (Phi) is 6.13. The number of thioether (sulfide) groups is 1. The van der Waals surface area contributed by atoms with Crippen molar-refractivity contribution < 1.29 is 14.0 Å². The highest BCUT2D eigenvalue weighted by Crippen LogP contribution is 2.29. The van der Waals surface area contributed by atoms with Crippen LogP contribution in [0.4, 0.5) is 15.8 Å². The fraction of sp³-hybridized carbons (Fsp3) is 0.200. The maximum atomic E-state index is 13.2. The Balaban J connectivity index is 1.60. The zero-order valence-corrected chi connectivity index (χ0v) is 15.4. The predicted molar refractivity (Wildman–Crippen MR) is 108 cm³/mol. The van der Waals surface area contributed by atoms with Gasteiger partial charge in [0.1, 0.15) is 11.9 Å². The van der Waals surface area contributed by atoms with Gasteiger partial charge in [-0.2, -0.15) is 11.8 Å². The van der Waals surface area contributed by atoms with E-state index in [1.54, 1.807) is 42.1 Å². The standard InChI is InChI=1S/C20H20FN3O2S/c1-2-8-22-19(25)14-6-7-16-17(10-14)24-20(26)18(23-16)12-27-11-13-4-3-5-15(21)9-13/h2-7,9-10,18,23H,1,8,11-12H2,(H,22,25)(H,24,26). The van der Waals surface area contributed by atoms with Gasteiger partial charge in [-0.15, -0.1) is 6.58 Å². The molecule has 140 valence electrons. The molecular weight excluding hydrogens is 365 g/mol. The van der Waals surface area contributed by atoms with E-state index in [0.29, 0.717) is 29.3 Å². The number of nitrogens with one attached hydrogen (secondary N) is 3. The number of rotatable bonds is 7. The summed E-state index contributed by atoms with van der Waals surface area (Å²) in [5, 5.41) is 8.75. The molecule has 5 nitrogen and oxygen atoms in total. The molecule has 2 aromatic carbocycles. The third kappa shape index (κ3) is 4.89. The van der Waals surface area contributed by atoms with Gasteiger partial charge < -0.3 is 16.0 Å². The van der Waals surface area contributed by atoms with Crippen LogP contribution in [0.5, 0.6) is 0 Å². The van der Waals surface area contributed by atoms with E-state index in [1.807, 2.05) is 6.07 Å². The van der Waals surface area contributed by atoms with Crippen molar-refractivity contribution in [3.63, 3.8) is 0 Å². The van der Waals surface area contributed by atoms with Gasteiger partial charge in [0, 0.05) is 23.6 Å². The van der Waals surface area contributed by atoms with E-state index < -0.39 is 6.04 Å². The first-order valence-corrected chi connectivity index (χ1v) is 9.65. The first-order chi connectivity index (χ1) is 13.1. The number of halogens is 1. The third-order valence-electron chi connectivity index (χ3n) is 4.04. The van der Waals surface area contributed by atoms with Crippen molar-refractivity contribution in [2.24, 2.45) is 0 Å². The van der Waals surface area contributed by atoms with E-state index in [4.69, 9.17) is 0 Å². The molecule has 0 saturated carbocycles. The second-order valence-electron chi connectivity index (χ2n) is 6.09. The molecule has 0 radical (unpaired) electrons. The van der Waals surface area contributed by atoms with E-state index in [1.165, 1.54) is 12.1 Å². The normalized spacial score (nSPS) is 15.3. The molecule has 2 amide bonds. The Hall–Kier alpha value is -2.80. The molecule has 0 fully saturated rings. The predicted octanol–water partition coefficient (Wildman–Crippen LogP) is 3.41. The molecule has 0 spiro atoms. The van der Waals surface area contributed by atoms with Crippen molar-refractivity contribution in [2.75, 3.05) is 22.9 Å². The summed E-state index contributed by atoms with van der Waals surface area (Å²) in [4.78, 5) is 24.4. The summed E-state index contributed by atoms with van der Waals surface area (Å²) in [6.45, 7) is 3.94. The van der Waals surface area contributed by atoms with Crippen LogP contribution in [-0.4, -0.2) is 30.2 Å². The van der Waals surface area contributed by atoms with E-state index in [9.17, 15) is 14.0 Å². The second-order valence-corrected chi connectivity index (χ2v) is 7.12. The first-order valence-electron chi connectivity index (χ1n) is 8.49. The Morgan fingerprint density at radius 3 is 2.89 bits per heavy atom. The van der Waals surface area contributed by atoms with Gasteiger partial charge in [0.05, 0.1) is 11.4 Å². The fourth-order valence-electron chi connectivity index (χ4n) is 2.69. The number of amides is 2. The minimum Gasteiger partial charge on any atom is -0.371 e. The van der Waals surface area contributed by atoms with Crippen molar-refractivity contribution in [3.05, 3.63) is 72.1 Å². The molecule has 1 aliphatic rings. The van der Waals surface area contributed by atoms with Crippen LogP contribution in [0, 0.1) is 5.82 Å². The highest BCUT2D eigenvalue weighted by atomic mass is 32.2. The van der Waals surface area contributed by atoms with Crippen molar-refractivity contribution in [1.29, 1.82) is 0 Å². The zero-order valence-electron chi connectivity index (χ0n) is 14.6. The Morgan fingerprint density at radius 1 is 1.26 bits per heavy atom. The molecule has 1 aliphatic heterocycles. The average Bonchev–Trinajstić information content (AvgIpc) is 2.66. The van der Waals surface area contributed by atoms with Crippen molar-refractivity contribution in [2.45, 2.75) is 11.8 Å². The maximum Gasteiger partial charge on any atom is 0.251 e. The highest BCUT2D eigenvalue weighted by Gasteiger charge is 2.26. The van der Waals surface area contributed by atoms with Crippen LogP contribution in [0.15, 0.2) is 55.1 Å². The Labute approximate surface area is 161 Å². The van der Waals surface area contributed by atoms with Crippen LogP contribution in [-0.2, 0) is 10.5 Å². The molecule has 1 unspecified atom stereocenters. The first kappa shape index (κ1) is 19.0.